The van der Waals surface area contributed by atoms with Crippen molar-refractivity contribution in [1.82, 2.24) is 0 Å². The van der Waals surface area contributed by atoms with Crippen molar-refractivity contribution < 1.29 is 9.18 Å². The fourth-order valence-corrected chi connectivity index (χ4v) is 2.89. The molecule has 0 unspecified atom stereocenters. The molecule has 1 aromatic heterocycles. The fourth-order valence-electron chi connectivity index (χ4n) is 1.30. The van der Waals surface area contributed by atoms with Gasteiger partial charge in [-0.05, 0) is 29.6 Å². The fraction of sp³-hybridized carbons (Fsp3) is 0.0833. The lowest BCUT2D eigenvalue weighted by Crippen LogP contribution is -2.14. The third kappa shape index (κ3) is 3.48. The lowest BCUT2D eigenvalue weighted by molar-refractivity contribution is -0.113. The van der Waals surface area contributed by atoms with E-state index in [9.17, 15) is 9.18 Å². The number of hydrogen-bond acceptors (Lipinski definition) is 4. The maximum Gasteiger partial charge on any atom is 0.234 e. The van der Waals surface area contributed by atoms with Gasteiger partial charge in [0.2, 0.25) is 5.91 Å². The molecule has 0 fully saturated rings. The summed E-state index contributed by atoms with van der Waals surface area (Å²) < 4.78 is 14.0. The molecule has 94 valence electrons. The van der Waals surface area contributed by atoms with Crippen molar-refractivity contribution in [2.24, 2.45) is 0 Å². The summed E-state index contributed by atoms with van der Waals surface area (Å²) in [7, 11) is 0. The number of halogens is 1. The number of hydrogen-bond donors (Lipinski definition) is 2. The van der Waals surface area contributed by atoms with E-state index in [2.05, 4.69) is 5.32 Å². The number of carbonyl (C=O) groups is 1. The molecule has 3 N–H and O–H groups in total. The average molecular weight is 282 g/mol. The monoisotopic (exact) mass is 282 g/mol. The number of thioether (sulfide) groups is 1. The number of rotatable bonds is 4. The van der Waals surface area contributed by atoms with Gasteiger partial charge in [-0.3, -0.25) is 4.79 Å². The molecule has 0 atom stereocenters. The van der Waals surface area contributed by atoms with Gasteiger partial charge in [0, 0.05) is 5.69 Å². The number of amides is 1. The van der Waals surface area contributed by atoms with Gasteiger partial charge in [0.05, 0.1) is 15.6 Å². The van der Waals surface area contributed by atoms with Gasteiger partial charge in [-0.1, -0.05) is 6.07 Å². The van der Waals surface area contributed by atoms with Crippen LogP contribution in [0.1, 0.15) is 0 Å². The summed E-state index contributed by atoms with van der Waals surface area (Å²) >= 11 is 3.05. The van der Waals surface area contributed by atoms with Crippen LogP contribution in [0.15, 0.2) is 39.9 Å². The Kier molecular flexibility index (Phi) is 4.22. The third-order valence-electron chi connectivity index (χ3n) is 2.12. The molecule has 18 heavy (non-hydrogen) atoms. The van der Waals surface area contributed by atoms with Crippen LogP contribution in [-0.4, -0.2) is 11.7 Å². The Morgan fingerprint density at radius 1 is 1.44 bits per heavy atom. The Bertz CT molecular complexity index is 543. The van der Waals surface area contributed by atoms with Crippen molar-refractivity contribution in [1.29, 1.82) is 0 Å². The van der Waals surface area contributed by atoms with Crippen LogP contribution in [0, 0.1) is 5.82 Å². The van der Waals surface area contributed by atoms with Crippen molar-refractivity contribution in [3.63, 3.8) is 0 Å². The zero-order chi connectivity index (χ0) is 13.0. The van der Waals surface area contributed by atoms with E-state index in [1.165, 1.54) is 30.0 Å². The quantitative estimate of drug-likeness (QED) is 0.669. The first-order valence-corrected chi connectivity index (χ1v) is 7.03. The summed E-state index contributed by atoms with van der Waals surface area (Å²) in [5.41, 5.74) is 5.95. The van der Waals surface area contributed by atoms with Crippen LogP contribution < -0.4 is 11.1 Å². The Balaban J connectivity index is 1.88. The number of nitrogens with one attached hydrogen (secondary N) is 1. The highest BCUT2D eigenvalue weighted by atomic mass is 32.2. The molecule has 3 nitrogen and oxygen atoms in total. The van der Waals surface area contributed by atoms with Crippen LogP contribution in [0.25, 0.3) is 0 Å². The van der Waals surface area contributed by atoms with E-state index < -0.39 is 5.82 Å². The van der Waals surface area contributed by atoms with Gasteiger partial charge in [0.25, 0.3) is 0 Å². The van der Waals surface area contributed by atoms with Crippen LogP contribution in [0.3, 0.4) is 0 Å². The second-order valence-electron chi connectivity index (χ2n) is 3.51. The zero-order valence-electron chi connectivity index (χ0n) is 9.35. The molecular weight excluding hydrogens is 271 g/mol. The summed E-state index contributed by atoms with van der Waals surface area (Å²) in [5.74, 6) is -0.307. The first-order valence-electron chi connectivity index (χ1n) is 5.16. The van der Waals surface area contributed by atoms with E-state index in [4.69, 9.17) is 5.73 Å². The Hall–Kier alpha value is -1.53. The van der Waals surface area contributed by atoms with E-state index in [0.717, 1.165) is 4.21 Å². The minimum atomic E-state index is -0.485. The molecule has 0 saturated heterocycles. The molecule has 0 spiro atoms. The summed E-state index contributed by atoms with van der Waals surface area (Å²) in [5, 5.41) is 4.63. The van der Waals surface area contributed by atoms with Crippen LogP contribution >= 0.6 is 23.1 Å². The summed E-state index contributed by atoms with van der Waals surface area (Å²) in [6, 6.07) is 8.02. The number of benzene rings is 1. The molecule has 2 rings (SSSR count). The minimum Gasteiger partial charge on any atom is -0.396 e. The molecule has 0 radical (unpaired) electrons. The molecule has 0 aliphatic rings. The maximum atomic E-state index is 12.9. The number of nitrogen functional groups attached to an aromatic ring is 1. The maximum absolute atomic E-state index is 12.9. The van der Waals surface area contributed by atoms with Gasteiger partial charge in [0.1, 0.15) is 5.82 Å². The topological polar surface area (TPSA) is 55.1 Å². The normalized spacial score (nSPS) is 10.3. The van der Waals surface area contributed by atoms with Gasteiger partial charge in [-0.2, -0.15) is 0 Å². The van der Waals surface area contributed by atoms with Crippen molar-refractivity contribution in [3.8, 4) is 0 Å². The lowest BCUT2D eigenvalue weighted by atomic mass is 10.2. The largest absolute Gasteiger partial charge is 0.396 e. The number of anilines is 2. The molecule has 0 saturated carbocycles. The van der Waals surface area contributed by atoms with Gasteiger partial charge in [-0.15, -0.1) is 23.1 Å². The molecule has 0 aliphatic carbocycles. The highest BCUT2D eigenvalue weighted by Gasteiger charge is 2.06. The van der Waals surface area contributed by atoms with Crippen molar-refractivity contribution in [3.05, 3.63) is 41.5 Å². The van der Waals surface area contributed by atoms with Gasteiger partial charge >= 0.3 is 0 Å². The Morgan fingerprint density at radius 2 is 2.28 bits per heavy atom. The number of thiophene rings is 1. The van der Waals surface area contributed by atoms with E-state index in [1.807, 2.05) is 17.5 Å². The van der Waals surface area contributed by atoms with Crippen LogP contribution in [0.4, 0.5) is 15.8 Å². The minimum absolute atomic E-state index is 0.0266. The average Bonchev–Trinajstić information content (AvgIpc) is 2.84. The predicted molar refractivity (Wildman–Crippen MR) is 74.5 cm³/mol. The van der Waals surface area contributed by atoms with Crippen LogP contribution in [0.5, 0.6) is 0 Å². The molecule has 0 aliphatic heterocycles. The number of nitrogens with two attached hydrogens (primary N) is 1. The smallest absolute Gasteiger partial charge is 0.234 e. The molecule has 1 heterocycles. The van der Waals surface area contributed by atoms with Gasteiger partial charge in [0.15, 0.2) is 0 Å². The molecule has 0 bridgehead atoms. The molecule has 2 aromatic rings. The second-order valence-corrected chi connectivity index (χ2v) is 5.73. The van der Waals surface area contributed by atoms with Crippen molar-refractivity contribution >= 4 is 40.4 Å². The predicted octanol–water partition coefficient (Wildman–Crippen LogP) is 3.20. The first-order chi connectivity index (χ1) is 8.65. The first kappa shape index (κ1) is 12.9. The van der Waals surface area contributed by atoms with Gasteiger partial charge < -0.3 is 11.1 Å². The van der Waals surface area contributed by atoms with E-state index >= 15 is 0 Å². The Morgan fingerprint density at radius 3 is 2.94 bits per heavy atom. The molecule has 1 aromatic carbocycles. The SMILES string of the molecule is Nc1cc(NC(=O)CSc2cccs2)ccc1F. The highest BCUT2D eigenvalue weighted by molar-refractivity contribution is 8.01. The van der Waals surface area contributed by atoms with Gasteiger partial charge in [-0.25, -0.2) is 4.39 Å². The zero-order valence-corrected chi connectivity index (χ0v) is 11.0. The van der Waals surface area contributed by atoms with E-state index in [-0.39, 0.29) is 11.6 Å². The van der Waals surface area contributed by atoms with Crippen molar-refractivity contribution in [2.45, 2.75) is 4.21 Å². The summed E-state index contributed by atoms with van der Waals surface area (Å²) in [6.07, 6.45) is 0. The molecular formula is C12H11FN2OS2. The number of carbonyl (C=O) groups excluding carboxylic acids is 1. The van der Waals surface area contributed by atoms with Crippen LogP contribution in [0.2, 0.25) is 0 Å². The Labute approximate surface area is 112 Å². The highest BCUT2D eigenvalue weighted by Crippen LogP contribution is 2.23. The summed E-state index contributed by atoms with van der Waals surface area (Å²) in [4.78, 5) is 11.6. The van der Waals surface area contributed by atoms with Crippen LogP contribution in [-0.2, 0) is 4.79 Å². The standard InChI is InChI=1S/C12H11FN2OS2/c13-9-4-3-8(6-10(9)14)15-11(16)7-18-12-2-1-5-17-12/h1-6H,7,14H2,(H,15,16). The molecule has 1 amide bonds. The molecule has 6 heteroatoms. The second kappa shape index (κ2) is 5.88. The lowest BCUT2D eigenvalue weighted by Gasteiger charge is -2.05. The van der Waals surface area contributed by atoms with Crippen molar-refractivity contribution in [2.75, 3.05) is 16.8 Å². The summed E-state index contributed by atoms with van der Waals surface area (Å²) in [6.45, 7) is 0. The van der Waals surface area contributed by atoms with E-state index in [0.29, 0.717) is 11.4 Å². The van der Waals surface area contributed by atoms with E-state index in [1.54, 1.807) is 11.3 Å². The third-order valence-corrected chi connectivity index (χ3v) is 4.25.